The summed E-state index contributed by atoms with van der Waals surface area (Å²) in [7, 11) is 0. The van der Waals surface area contributed by atoms with E-state index in [-0.39, 0.29) is 6.42 Å². The molecule has 1 heterocycles. The molecule has 2 rings (SSSR count). The average Bonchev–Trinajstić information content (AvgIpc) is 2.66. The van der Waals surface area contributed by atoms with Crippen molar-refractivity contribution < 1.29 is 19.4 Å². The molecular formula is C9H10O4. The van der Waals surface area contributed by atoms with Gasteiger partial charge >= 0.3 is 11.9 Å². The number of hydrogen-bond donors (Lipinski definition) is 1. The average molecular weight is 182 g/mol. The minimum atomic E-state index is -1.22. The van der Waals surface area contributed by atoms with Crippen molar-refractivity contribution in [3.8, 4) is 0 Å². The summed E-state index contributed by atoms with van der Waals surface area (Å²) in [6.45, 7) is 0. The highest BCUT2D eigenvalue weighted by Gasteiger charge is 2.30. The van der Waals surface area contributed by atoms with Crippen LogP contribution in [0.2, 0.25) is 0 Å². The van der Waals surface area contributed by atoms with E-state index in [1.807, 2.05) is 0 Å². The van der Waals surface area contributed by atoms with Gasteiger partial charge in [-0.25, -0.2) is 4.79 Å². The fraction of sp³-hybridized carbons (Fsp3) is 0.333. The first-order valence-electron chi connectivity index (χ1n) is 3.94. The molecule has 0 spiro atoms. The lowest BCUT2D eigenvalue weighted by molar-refractivity contribution is -0.154. The minimum absolute atomic E-state index is 0.196. The Morgan fingerprint density at radius 1 is 1.31 bits per heavy atom. The zero-order chi connectivity index (χ0) is 9.68. The number of carbonyl (C=O) groups excluding carboxylic acids is 2. The Balaban J connectivity index is 0.000000145. The summed E-state index contributed by atoms with van der Waals surface area (Å²) < 4.78 is 3.95. The maximum Gasteiger partial charge on any atom is 0.343 e. The van der Waals surface area contributed by atoms with Crippen molar-refractivity contribution in [1.29, 1.82) is 0 Å². The highest BCUT2D eigenvalue weighted by molar-refractivity contribution is 5.95. The zero-order valence-corrected chi connectivity index (χ0v) is 6.97. The minimum Gasteiger partial charge on any atom is -0.391 e. The summed E-state index contributed by atoms with van der Waals surface area (Å²) in [6, 6.07) is 0. The predicted octanol–water partition coefficient (Wildman–Crippen LogP) is 0.323. The number of ether oxygens (including phenoxy) is 1. The van der Waals surface area contributed by atoms with Gasteiger partial charge in [0, 0.05) is 0 Å². The SMILES string of the molecule is C1=CCC=C1.O=C1CC(O)C(=O)O1. The van der Waals surface area contributed by atoms with Crippen molar-refractivity contribution >= 4 is 11.9 Å². The molecule has 1 atom stereocenters. The molecule has 0 bridgehead atoms. The van der Waals surface area contributed by atoms with E-state index in [1.165, 1.54) is 0 Å². The van der Waals surface area contributed by atoms with Crippen molar-refractivity contribution in [2.45, 2.75) is 18.9 Å². The summed E-state index contributed by atoms with van der Waals surface area (Å²) >= 11 is 0. The molecule has 2 aliphatic rings. The molecule has 1 aliphatic heterocycles. The van der Waals surface area contributed by atoms with Gasteiger partial charge in [0.1, 0.15) is 0 Å². The summed E-state index contributed by atoms with van der Waals surface area (Å²) in [5.41, 5.74) is 0. The third-order valence-electron chi connectivity index (χ3n) is 1.50. The molecule has 0 aromatic heterocycles. The third-order valence-corrected chi connectivity index (χ3v) is 1.50. The number of rotatable bonds is 0. The van der Waals surface area contributed by atoms with Crippen LogP contribution in [0.3, 0.4) is 0 Å². The van der Waals surface area contributed by atoms with E-state index in [4.69, 9.17) is 5.11 Å². The Morgan fingerprint density at radius 3 is 2.08 bits per heavy atom. The molecule has 0 saturated carbocycles. The van der Waals surface area contributed by atoms with E-state index in [2.05, 4.69) is 29.0 Å². The van der Waals surface area contributed by atoms with E-state index in [0.717, 1.165) is 6.42 Å². The molecule has 0 radical (unpaired) electrons. The summed E-state index contributed by atoms with van der Waals surface area (Å²) in [6.07, 6.45) is 8.08. The number of carbonyl (C=O) groups is 2. The number of cyclic esters (lactones) is 2. The third kappa shape index (κ3) is 3.21. The molecule has 0 aromatic rings. The molecule has 70 valence electrons. The number of hydrogen-bond acceptors (Lipinski definition) is 4. The van der Waals surface area contributed by atoms with Crippen LogP contribution in [0.25, 0.3) is 0 Å². The highest BCUT2D eigenvalue weighted by Crippen LogP contribution is 2.05. The maximum absolute atomic E-state index is 10.1. The Kier molecular flexibility index (Phi) is 3.40. The normalized spacial score (nSPS) is 24.2. The molecule has 1 unspecified atom stereocenters. The van der Waals surface area contributed by atoms with Crippen LogP contribution in [0.15, 0.2) is 24.3 Å². The monoisotopic (exact) mass is 182 g/mol. The fourth-order valence-corrected chi connectivity index (χ4v) is 0.856. The van der Waals surface area contributed by atoms with Crippen LogP contribution in [-0.2, 0) is 14.3 Å². The van der Waals surface area contributed by atoms with Crippen molar-refractivity contribution in [2.24, 2.45) is 0 Å². The van der Waals surface area contributed by atoms with Crippen molar-refractivity contribution in [1.82, 2.24) is 0 Å². The molecule has 0 amide bonds. The van der Waals surface area contributed by atoms with Gasteiger partial charge in [-0.05, 0) is 6.42 Å². The van der Waals surface area contributed by atoms with Crippen LogP contribution in [-0.4, -0.2) is 23.1 Å². The van der Waals surface area contributed by atoms with Gasteiger partial charge in [-0.1, -0.05) is 24.3 Å². The molecule has 4 heteroatoms. The van der Waals surface area contributed by atoms with E-state index < -0.39 is 18.0 Å². The first kappa shape index (κ1) is 9.67. The largest absolute Gasteiger partial charge is 0.391 e. The van der Waals surface area contributed by atoms with Crippen LogP contribution in [0.4, 0.5) is 0 Å². The Morgan fingerprint density at radius 2 is 1.92 bits per heavy atom. The number of esters is 2. The van der Waals surface area contributed by atoms with Gasteiger partial charge in [-0.3, -0.25) is 4.79 Å². The van der Waals surface area contributed by atoms with Crippen LogP contribution < -0.4 is 0 Å². The van der Waals surface area contributed by atoms with Crippen molar-refractivity contribution in [3.05, 3.63) is 24.3 Å². The van der Waals surface area contributed by atoms with Gasteiger partial charge in [-0.2, -0.15) is 0 Å². The standard InChI is InChI=1S/C5H6.C4H4O4/c1-2-4-5-3-1;5-2-1-3(6)8-4(2)7/h1-4H,5H2;2,5H,1H2. The van der Waals surface area contributed by atoms with E-state index in [0.29, 0.717) is 0 Å². The van der Waals surface area contributed by atoms with Gasteiger partial charge in [0.15, 0.2) is 6.10 Å². The second-order valence-corrected chi connectivity index (χ2v) is 2.61. The predicted molar refractivity (Wildman–Crippen MR) is 44.6 cm³/mol. The van der Waals surface area contributed by atoms with Gasteiger partial charge in [-0.15, -0.1) is 0 Å². The van der Waals surface area contributed by atoms with E-state index in [1.54, 1.807) is 0 Å². The molecule has 1 aliphatic carbocycles. The van der Waals surface area contributed by atoms with Crippen LogP contribution in [0.1, 0.15) is 12.8 Å². The Bertz CT molecular complexity index is 255. The number of allylic oxidation sites excluding steroid dienone is 4. The highest BCUT2D eigenvalue weighted by atomic mass is 16.6. The van der Waals surface area contributed by atoms with Crippen LogP contribution in [0.5, 0.6) is 0 Å². The second-order valence-electron chi connectivity index (χ2n) is 2.61. The van der Waals surface area contributed by atoms with Gasteiger partial charge < -0.3 is 9.84 Å². The Hall–Kier alpha value is -1.42. The fourth-order valence-electron chi connectivity index (χ4n) is 0.856. The van der Waals surface area contributed by atoms with E-state index in [9.17, 15) is 9.59 Å². The van der Waals surface area contributed by atoms with Crippen LogP contribution >= 0.6 is 0 Å². The first-order valence-corrected chi connectivity index (χ1v) is 3.94. The molecule has 1 saturated heterocycles. The first-order chi connectivity index (χ1) is 6.20. The van der Waals surface area contributed by atoms with Gasteiger partial charge in [0.05, 0.1) is 6.42 Å². The van der Waals surface area contributed by atoms with Crippen LogP contribution in [0, 0.1) is 0 Å². The van der Waals surface area contributed by atoms with Gasteiger partial charge in [0.25, 0.3) is 0 Å². The molecule has 1 N–H and O–H groups in total. The lowest BCUT2D eigenvalue weighted by Crippen LogP contribution is -2.11. The zero-order valence-electron chi connectivity index (χ0n) is 6.97. The molecule has 4 nitrogen and oxygen atoms in total. The molecule has 13 heavy (non-hydrogen) atoms. The van der Waals surface area contributed by atoms with Crippen molar-refractivity contribution in [3.63, 3.8) is 0 Å². The second kappa shape index (κ2) is 4.57. The topological polar surface area (TPSA) is 63.6 Å². The quantitative estimate of drug-likeness (QED) is 0.433. The molecule has 1 fully saturated rings. The molecular weight excluding hydrogens is 172 g/mol. The van der Waals surface area contributed by atoms with Gasteiger partial charge in [0.2, 0.25) is 0 Å². The molecule has 0 aromatic carbocycles. The van der Waals surface area contributed by atoms with Crippen molar-refractivity contribution in [2.75, 3.05) is 0 Å². The Labute approximate surface area is 75.5 Å². The summed E-state index contributed by atoms with van der Waals surface area (Å²) in [5, 5.41) is 8.47. The lowest BCUT2D eigenvalue weighted by Gasteiger charge is -1.86. The van der Waals surface area contributed by atoms with E-state index >= 15 is 0 Å². The number of aliphatic hydroxyl groups is 1. The maximum atomic E-state index is 10.1. The summed E-state index contributed by atoms with van der Waals surface area (Å²) in [4.78, 5) is 20.2. The lowest BCUT2D eigenvalue weighted by atomic mass is 10.3. The summed E-state index contributed by atoms with van der Waals surface area (Å²) in [5.74, 6) is -1.49. The smallest absolute Gasteiger partial charge is 0.343 e. The number of aliphatic hydroxyl groups excluding tert-OH is 1.